The molecule has 9 heteroatoms. The van der Waals surface area contributed by atoms with E-state index in [1.807, 2.05) is 19.1 Å². The van der Waals surface area contributed by atoms with Gasteiger partial charge in [0.25, 0.3) is 5.91 Å². The van der Waals surface area contributed by atoms with Gasteiger partial charge in [-0.05, 0) is 31.0 Å². The number of nitrogens with zero attached hydrogens (tertiary/aromatic N) is 3. The third-order valence-corrected chi connectivity index (χ3v) is 3.89. The van der Waals surface area contributed by atoms with Crippen molar-refractivity contribution in [3.8, 4) is 0 Å². The van der Waals surface area contributed by atoms with Gasteiger partial charge in [-0.1, -0.05) is 12.1 Å². The Morgan fingerprint density at radius 1 is 1.03 bits per heavy atom. The molecule has 2 amide bonds. The number of hydrogen-bond donors (Lipinski definition) is 2. The van der Waals surface area contributed by atoms with Gasteiger partial charge in [-0.15, -0.1) is 24.0 Å². The van der Waals surface area contributed by atoms with Gasteiger partial charge in [-0.25, -0.2) is 4.99 Å². The molecule has 0 heterocycles. The number of aliphatic imine (C=N–C) groups is 1. The summed E-state index contributed by atoms with van der Waals surface area (Å²) >= 11 is 0. The second-order valence-corrected chi connectivity index (χ2v) is 6.68. The van der Waals surface area contributed by atoms with Gasteiger partial charge < -0.3 is 25.2 Å². The first-order valence-electron chi connectivity index (χ1n) is 9.45. The molecule has 1 aromatic carbocycles. The summed E-state index contributed by atoms with van der Waals surface area (Å²) in [5.41, 5.74) is 1.62. The zero-order valence-corrected chi connectivity index (χ0v) is 20.4. The van der Waals surface area contributed by atoms with Crippen LogP contribution in [-0.4, -0.2) is 82.1 Å². The van der Waals surface area contributed by atoms with E-state index in [1.54, 1.807) is 45.2 Å². The van der Waals surface area contributed by atoms with Gasteiger partial charge in [0.05, 0.1) is 13.1 Å². The van der Waals surface area contributed by atoms with E-state index < -0.39 is 0 Å². The van der Waals surface area contributed by atoms with Crippen LogP contribution in [0.1, 0.15) is 29.3 Å². The molecule has 0 aliphatic rings. The quantitative estimate of drug-likeness (QED) is 0.212. The largest absolute Gasteiger partial charge is 0.382 e. The van der Waals surface area contributed by atoms with E-state index >= 15 is 0 Å². The van der Waals surface area contributed by atoms with Crippen LogP contribution in [0, 0.1) is 0 Å². The Labute approximate surface area is 191 Å². The summed E-state index contributed by atoms with van der Waals surface area (Å²) in [5.74, 6) is 0.506. The summed E-state index contributed by atoms with van der Waals surface area (Å²) in [7, 11) is 6.88. The Morgan fingerprint density at radius 3 is 2.24 bits per heavy atom. The first-order chi connectivity index (χ1) is 13.3. The molecule has 0 aliphatic carbocycles. The summed E-state index contributed by atoms with van der Waals surface area (Å²) in [6.07, 6.45) is 0.845. The number of guanidine groups is 1. The third kappa shape index (κ3) is 11.0. The molecule has 0 atom stereocenters. The van der Waals surface area contributed by atoms with Gasteiger partial charge in [0.15, 0.2) is 5.96 Å². The lowest BCUT2D eigenvalue weighted by Crippen LogP contribution is -2.43. The molecule has 0 radical (unpaired) electrons. The number of rotatable bonds is 10. The number of hydrogen-bond acceptors (Lipinski definition) is 4. The number of likely N-dealkylation sites (N-methyl/N-ethyl adjacent to an activating group) is 1. The lowest BCUT2D eigenvalue weighted by atomic mass is 10.1. The van der Waals surface area contributed by atoms with E-state index in [9.17, 15) is 9.59 Å². The number of carbonyl (C=O) groups excluding carboxylic acids is 2. The highest BCUT2D eigenvalue weighted by Gasteiger charge is 2.08. The van der Waals surface area contributed by atoms with E-state index in [0.29, 0.717) is 37.8 Å². The summed E-state index contributed by atoms with van der Waals surface area (Å²) in [5, 5.41) is 6.27. The second kappa shape index (κ2) is 15.0. The SMILES string of the molecule is CCOCCCNC(=NCc1ccc(C(=O)N(C)C)cc1)NCC(=O)N(C)C.I. The summed E-state index contributed by atoms with van der Waals surface area (Å²) in [6, 6.07) is 7.37. The Bertz CT molecular complexity index is 648. The maximum atomic E-state index is 12.0. The molecular formula is C20H34IN5O3. The zero-order valence-electron chi connectivity index (χ0n) is 18.0. The zero-order chi connectivity index (χ0) is 20.9. The Balaban J connectivity index is 0.00000784. The van der Waals surface area contributed by atoms with E-state index in [0.717, 1.165) is 12.0 Å². The molecular weight excluding hydrogens is 485 g/mol. The third-order valence-electron chi connectivity index (χ3n) is 3.89. The van der Waals surface area contributed by atoms with Crippen LogP contribution in [0.25, 0.3) is 0 Å². The van der Waals surface area contributed by atoms with E-state index in [-0.39, 0.29) is 42.3 Å². The molecule has 0 aliphatic heterocycles. The van der Waals surface area contributed by atoms with Crippen LogP contribution in [0.15, 0.2) is 29.3 Å². The minimum Gasteiger partial charge on any atom is -0.382 e. The molecule has 0 spiro atoms. The van der Waals surface area contributed by atoms with Crippen molar-refractivity contribution in [2.75, 3.05) is 54.5 Å². The number of ether oxygens (including phenoxy) is 1. The van der Waals surface area contributed by atoms with E-state index in [4.69, 9.17) is 4.74 Å². The Morgan fingerprint density at radius 2 is 1.69 bits per heavy atom. The van der Waals surface area contributed by atoms with Crippen molar-refractivity contribution >= 4 is 41.8 Å². The monoisotopic (exact) mass is 519 g/mol. The topological polar surface area (TPSA) is 86.3 Å². The number of halogens is 1. The lowest BCUT2D eigenvalue weighted by molar-refractivity contribution is -0.127. The van der Waals surface area contributed by atoms with Crippen LogP contribution in [0.3, 0.4) is 0 Å². The number of nitrogens with one attached hydrogen (secondary N) is 2. The summed E-state index contributed by atoms with van der Waals surface area (Å²) in [4.78, 5) is 31.4. The van der Waals surface area contributed by atoms with Gasteiger partial charge in [-0.3, -0.25) is 9.59 Å². The maximum Gasteiger partial charge on any atom is 0.253 e. The van der Waals surface area contributed by atoms with Crippen molar-refractivity contribution < 1.29 is 14.3 Å². The average molecular weight is 519 g/mol. The normalized spacial score (nSPS) is 10.7. The molecule has 8 nitrogen and oxygen atoms in total. The van der Waals surface area contributed by atoms with Crippen molar-refractivity contribution in [3.63, 3.8) is 0 Å². The predicted octanol–water partition coefficient (Wildman–Crippen LogP) is 1.56. The summed E-state index contributed by atoms with van der Waals surface area (Å²) in [6.45, 7) is 4.63. The van der Waals surface area contributed by atoms with Crippen LogP contribution < -0.4 is 10.6 Å². The fraction of sp³-hybridized carbons (Fsp3) is 0.550. The first-order valence-corrected chi connectivity index (χ1v) is 9.45. The lowest BCUT2D eigenvalue weighted by Gasteiger charge is -2.15. The molecule has 0 saturated carbocycles. The van der Waals surface area contributed by atoms with Gasteiger partial charge in [-0.2, -0.15) is 0 Å². The molecule has 29 heavy (non-hydrogen) atoms. The molecule has 0 unspecified atom stereocenters. The summed E-state index contributed by atoms with van der Waals surface area (Å²) < 4.78 is 5.33. The van der Waals surface area contributed by atoms with Crippen molar-refractivity contribution in [1.82, 2.24) is 20.4 Å². The molecule has 0 aromatic heterocycles. The fourth-order valence-corrected chi connectivity index (χ4v) is 2.20. The van der Waals surface area contributed by atoms with Crippen molar-refractivity contribution in [1.29, 1.82) is 0 Å². The first kappa shape index (κ1) is 27.1. The Kier molecular flexibility index (Phi) is 14.1. The minimum absolute atomic E-state index is 0. The number of amides is 2. The van der Waals surface area contributed by atoms with Gasteiger partial charge in [0.2, 0.25) is 5.91 Å². The highest BCUT2D eigenvalue weighted by molar-refractivity contribution is 14.0. The van der Waals surface area contributed by atoms with E-state index in [1.165, 1.54) is 4.90 Å². The van der Waals surface area contributed by atoms with Crippen LogP contribution >= 0.6 is 24.0 Å². The van der Waals surface area contributed by atoms with Crippen molar-refractivity contribution in [3.05, 3.63) is 35.4 Å². The van der Waals surface area contributed by atoms with Gasteiger partial charge in [0.1, 0.15) is 0 Å². The predicted molar refractivity (Wildman–Crippen MR) is 127 cm³/mol. The smallest absolute Gasteiger partial charge is 0.253 e. The molecule has 2 N–H and O–H groups in total. The van der Waals surface area contributed by atoms with Crippen LogP contribution in [0.4, 0.5) is 0 Å². The van der Waals surface area contributed by atoms with Crippen LogP contribution in [-0.2, 0) is 16.1 Å². The van der Waals surface area contributed by atoms with Gasteiger partial charge in [0, 0.05) is 53.5 Å². The molecule has 0 fully saturated rings. The van der Waals surface area contributed by atoms with E-state index in [2.05, 4.69) is 15.6 Å². The molecule has 1 aromatic rings. The Hall–Kier alpha value is -1.88. The van der Waals surface area contributed by atoms with Crippen LogP contribution in [0.5, 0.6) is 0 Å². The van der Waals surface area contributed by atoms with Crippen molar-refractivity contribution in [2.45, 2.75) is 19.9 Å². The minimum atomic E-state index is -0.0321. The maximum absolute atomic E-state index is 12.0. The number of benzene rings is 1. The van der Waals surface area contributed by atoms with Gasteiger partial charge >= 0.3 is 0 Å². The average Bonchev–Trinajstić information content (AvgIpc) is 2.68. The number of carbonyl (C=O) groups is 2. The van der Waals surface area contributed by atoms with Crippen molar-refractivity contribution in [2.24, 2.45) is 4.99 Å². The second-order valence-electron chi connectivity index (χ2n) is 6.68. The highest BCUT2D eigenvalue weighted by atomic mass is 127. The molecule has 164 valence electrons. The molecule has 1 rings (SSSR count). The van der Waals surface area contributed by atoms with Crippen LogP contribution in [0.2, 0.25) is 0 Å². The fourth-order valence-electron chi connectivity index (χ4n) is 2.20. The standard InChI is InChI=1S/C20H33N5O3.HI/c1-6-28-13-7-12-21-20(23-15-18(26)24(2)3)22-14-16-8-10-17(11-9-16)19(27)25(4)5;/h8-11H,6-7,12-15H2,1-5H3,(H2,21,22,23);1H. The molecule has 0 bridgehead atoms. The molecule has 0 saturated heterocycles. The highest BCUT2D eigenvalue weighted by Crippen LogP contribution is 2.07.